The second-order valence-corrected chi connectivity index (χ2v) is 6.56. The van der Waals surface area contributed by atoms with E-state index >= 15 is 0 Å². The Morgan fingerprint density at radius 3 is 2.44 bits per heavy atom. The van der Waals surface area contributed by atoms with E-state index in [9.17, 15) is 14.0 Å². The van der Waals surface area contributed by atoms with Crippen molar-refractivity contribution >= 4 is 39.1 Å². The lowest BCUT2D eigenvalue weighted by Gasteiger charge is -2.23. The molecule has 0 aliphatic heterocycles. The van der Waals surface area contributed by atoms with Gasteiger partial charge in [-0.3, -0.25) is 14.5 Å². The Bertz CT molecular complexity index is 752. The Morgan fingerprint density at radius 2 is 1.80 bits per heavy atom. The van der Waals surface area contributed by atoms with Gasteiger partial charge in [-0.05, 0) is 56.4 Å². The molecule has 0 saturated carbocycles. The van der Waals surface area contributed by atoms with Crippen molar-refractivity contribution < 1.29 is 14.0 Å². The summed E-state index contributed by atoms with van der Waals surface area (Å²) in [7, 11) is 1.68. The molecule has 0 unspecified atom stereocenters. The zero-order valence-corrected chi connectivity index (χ0v) is 15.5. The SMILES string of the molecule is C[C@H](C(=O)Nc1ccc(Br)cc1)N(C)CC(=O)Nc1cccc(F)c1. The van der Waals surface area contributed by atoms with E-state index in [2.05, 4.69) is 26.6 Å². The minimum Gasteiger partial charge on any atom is -0.325 e. The first-order valence-electron chi connectivity index (χ1n) is 7.67. The van der Waals surface area contributed by atoms with E-state index in [-0.39, 0.29) is 18.4 Å². The topological polar surface area (TPSA) is 61.4 Å². The molecule has 2 rings (SSSR count). The van der Waals surface area contributed by atoms with Gasteiger partial charge in [0.2, 0.25) is 11.8 Å². The maximum Gasteiger partial charge on any atom is 0.241 e. The number of nitrogens with zero attached hydrogens (tertiary/aromatic N) is 1. The van der Waals surface area contributed by atoms with Gasteiger partial charge in [0.25, 0.3) is 0 Å². The van der Waals surface area contributed by atoms with E-state index in [4.69, 9.17) is 0 Å². The summed E-state index contributed by atoms with van der Waals surface area (Å²) >= 11 is 3.33. The van der Waals surface area contributed by atoms with Crippen molar-refractivity contribution in [3.05, 3.63) is 58.8 Å². The van der Waals surface area contributed by atoms with Crippen LogP contribution < -0.4 is 10.6 Å². The Hall–Kier alpha value is -2.25. The summed E-state index contributed by atoms with van der Waals surface area (Å²) < 4.78 is 14.0. The third-order valence-corrected chi connectivity index (χ3v) is 4.18. The van der Waals surface area contributed by atoms with E-state index in [1.54, 1.807) is 37.1 Å². The summed E-state index contributed by atoms with van der Waals surface area (Å²) in [5.41, 5.74) is 1.06. The van der Waals surface area contributed by atoms with Crippen molar-refractivity contribution in [1.82, 2.24) is 4.90 Å². The summed E-state index contributed by atoms with van der Waals surface area (Å²) in [6.45, 7) is 1.72. The van der Waals surface area contributed by atoms with Gasteiger partial charge < -0.3 is 10.6 Å². The van der Waals surface area contributed by atoms with Gasteiger partial charge in [-0.2, -0.15) is 0 Å². The second-order valence-electron chi connectivity index (χ2n) is 5.65. The van der Waals surface area contributed by atoms with Crippen molar-refractivity contribution in [1.29, 1.82) is 0 Å². The van der Waals surface area contributed by atoms with Gasteiger partial charge in [0, 0.05) is 15.8 Å². The monoisotopic (exact) mass is 407 g/mol. The molecule has 2 N–H and O–H groups in total. The lowest BCUT2D eigenvalue weighted by atomic mass is 10.2. The largest absolute Gasteiger partial charge is 0.325 e. The number of carbonyl (C=O) groups excluding carboxylic acids is 2. The summed E-state index contributed by atoms with van der Waals surface area (Å²) in [5.74, 6) is -0.965. The van der Waals surface area contributed by atoms with Crippen LogP contribution in [0.2, 0.25) is 0 Å². The minimum absolute atomic E-state index is 0.00539. The lowest BCUT2D eigenvalue weighted by Crippen LogP contribution is -2.43. The molecule has 2 aromatic rings. The molecule has 25 heavy (non-hydrogen) atoms. The molecule has 2 amide bonds. The Morgan fingerprint density at radius 1 is 1.12 bits per heavy atom. The highest BCUT2D eigenvalue weighted by atomic mass is 79.9. The van der Waals surface area contributed by atoms with Crippen LogP contribution in [0, 0.1) is 5.82 Å². The quantitative estimate of drug-likeness (QED) is 0.770. The highest BCUT2D eigenvalue weighted by Gasteiger charge is 2.20. The number of nitrogens with one attached hydrogen (secondary N) is 2. The van der Waals surface area contributed by atoms with Crippen LogP contribution in [-0.2, 0) is 9.59 Å². The number of rotatable bonds is 6. The Balaban J connectivity index is 1.88. The lowest BCUT2D eigenvalue weighted by molar-refractivity contribution is -0.122. The molecule has 0 saturated heterocycles. The predicted octanol–water partition coefficient (Wildman–Crippen LogP) is 3.49. The number of amides is 2. The third-order valence-electron chi connectivity index (χ3n) is 3.65. The molecule has 0 bridgehead atoms. The highest BCUT2D eigenvalue weighted by Crippen LogP contribution is 2.15. The first-order chi connectivity index (χ1) is 11.8. The zero-order valence-electron chi connectivity index (χ0n) is 13.9. The van der Waals surface area contributed by atoms with Crippen LogP contribution in [0.5, 0.6) is 0 Å². The van der Waals surface area contributed by atoms with E-state index in [0.29, 0.717) is 11.4 Å². The number of benzene rings is 2. The maximum atomic E-state index is 13.1. The fourth-order valence-electron chi connectivity index (χ4n) is 2.11. The normalized spacial score (nSPS) is 11.9. The fourth-order valence-corrected chi connectivity index (χ4v) is 2.37. The van der Waals surface area contributed by atoms with Crippen molar-refractivity contribution in [2.24, 2.45) is 0 Å². The van der Waals surface area contributed by atoms with Crippen LogP contribution in [0.25, 0.3) is 0 Å². The molecular weight excluding hydrogens is 389 g/mol. The van der Waals surface area contributed by atoms with Crippen molar-refractivity contribution in [3.8, 4) is 0 Å². The molecule has 0 aliphatic rings. The number of halogens is 2. The van der Waals surface area contributed by atoms with E-state index < -0.39 is 11.9 Å². The van der Waals surface area contributed by atoms with Crippen LogP contribution in [0.15, 0.2) is 53.0 Å². The van der Waals surface area contributed by atoms with E-state index in [1.807, 2.05) is 12.1 Å². The first-order valence-corrected chi connectivity index (χ1v) is 8.46. The minimum atomic E-state index is -0.512. The average Bonchev–Trinajstić information content (AvgIpc) is 2.56. The Kier molecular flexibility index (Phi) is 6.66. The molecule has 2 aromatic carbocycles. The maximum absolute atomic E-state index is 13.1. The van der Waals surface area contributed by atoms with Crippen molar-refractivity contribution in [2.75, 3.05) is 24.2 Å². The summed E-state index contributed by atoms with van der Waals surface area (Å²) in [4.78, 5) is 25.9. The molecular formula is C18H19BrFN3O2. The van der Waals surface area contributed by atoms with Crippen LogP contribution >= 0.6 is 15.9 Å². The van der Waals surface area contributed by atoms with Crippen LogP contribution in [-0.4, -0.2) is 36.3 Å². The molecule has 0 radical (unpaired) electrons. The fraction of sp³-hybridized carbons (Fsp3) is 0.222. The molecule has 0 aromatic heterocycles. The van der Waals surface area contributed by atoms with Gasteiger partial charge in [0.1, 0.15) is 5.82 Å². The van der Waals surface area contributed by atoms with Gasteiger partial charge in [-0.15, -0.1) is 0 Å². The molecule has 0 heterocycles. The number of carbonyl (C=O) groups is 2. The average molecular weight is 408 g/mol. The summed E-state index contributed by atoms with van der Waals surface area (Å²) in [6, 6.07) is 12.4. The number of hydrogen-bond acceptors (Lipinski definition) is 3. The third kappa shape index (κ3) is 5.95. The van der Waals surface area contributed by atoms with Gasteiger partial charge in [-0.25, -0.2) is 4.39 Å². The van der Waals surface area contributed by atoms with Gasteiger partial charge >= 0.3 is 0 Å². The highest BCUT2D eigenvalue weighted by molar-refractivity contribution is 9.10. The summed E-state index contributed by atoms with van der Waals surface area (Å²) in [5, 5.41) is 5.40. The van der Waals surface area contributed by atoms with Gasteiger partial charge in [0.05, 0.1) is 12.6 Å². The standard InChI is InChI=1S/C18H19BrFN3O2/c1-12(18(25)22-15-8-6-13(19)7-9-15)23(2)11-17(24)21-16-5-3-4-14(20)10-16/h3-10,12H,11H2,1-2H3,(H,21,24)(H,22,25)/t12-/m1/s1. The molecule has 0 aliphatic carbocycles. The zero-order chi connectivity index (χ0) is 18.4. The van der Waals surface area contributed by atoms with Crippen LogP contribution in [0.1, 0.15) is 6.92 Å². The first kappa shape index (κ1) is 19.1. The van der Waals surface area contributed by atoms with E-state index in [0.717, 1.165) is 4.47 Å². The number of anilines is 2. The van der Waals surface area contributed by atoms with Gasteiger partial charge in [-0.1, -0.05) is 22.0 Å². The van der Waals surface area contributed by atoms with E-state index in [1.165, 1.54) is 18.2 Å². The molecule has 0 fully saturated rings. The van der Waals surface area contributed by atoms with Crippen LogP contribution in [0.3, 0.4) is 0 Å². The number of hydrogen-bond donors (Lipinski definition) is 2. The van der Waals surface area contributed by atoms with Crippen molar-refractivity contribution in [2.45, 2.75) is 13.0 Å². The molecule has 5 nitrogen and oxygen atoms in total. The summed E-state index contributed by atoms with van der Waals surface area (Å²) in [6.07, 6.45) is 0. The molecule has 1 atom stereocenters. The molecule has 132 valence electrons. The van der Waals surface area contributed by atoms with Gasteiger partial charge in [0.15, 0.2) is 0 Å². The predicted molar refractivity (Wildman–Crippen MR) is 99.9 cm³/mol. The Labute approximate surface area is 154 Å². The molecule has 0 spiro atoms. The number of likely N-dealkylation sites (N-methyl/N-ethyl adjacent to an activating group) is 1. The van der Waals surface area contributed by atoms with Crippen LogP contribution in [0.4, 0.5) is 15.8 Å². The molecule has 7 heteroatoms. The smallest absolute Gasteiger partial charge is 0.241 e. The second kappa shape index (κ2) is 8.73. The van der Waals surface area contributed by atoms with Crippen molar-refractivity contribution in [3.63, 3.8) is 0 Å².